The molecule has 3 fully saturated rings. The minimum Gasteiger partial charge on any atom is -0.467 e. The Morgan fingerprint density at radius 3 is 2.93 bits per heavy atom. The van der Waals surface area contributed by atoms with E-state index in [0.717, 1.165) is 37.1 Å². The average molecular weight is 387 g/mol. The lowest BCUT2D eigenvalue weighted by Gasteiger charge is -2.59. The summed E-state index contributed by atoms with van der Waals surface area (Å²) < 4.78 is 5.15. The third-order valence-electron chi connectivity index (χ3n) is 7.41. The molecule has 2 saturated heterocycles. The highest BCUT2D eigenvalue weighted by Crippen LogP contribution is 2.66. The van der Waals surface area contributed by atoms with Gasteiger partial charge >= 0.3 is 5.97 Å². The van der Waals surface area contributed by atoms with E-state index in [2.05, 4.69) is 17.9 Å². The number of amides is 1. The lowest BCUT2D eigenvalue weighted by Crippen LogP contribution is -2.69. The van der Waals surface area contributed by atoms with Crippen LogP contribution in [-0.2, 0) is 19.7 Å². The summed E-state index contributed by atoms with van der Waals surface area (Å²) >= 11 is 7.10. The summed E-state index contributed by atoms with van der Waals surface area (Å²) in [5, 5.41) is 0. The molecule has 1 aromatic rings. The minimum absolute atomic E-state index is 0.00943. The number of para-hydroxylation sites is 1. The molecule has 5 rings (SSSR count). The normalized spacial score (nSPS) is 38.8. The van der Waals surface area contributed by atoms with Crippen molar-refractivity contribution >= 4 is 34.9 Å². The van der Waals surface area contributed by atoms with E-state index in [1.165, 1.54) is 7.11 Å². The summed E-state index contributed by atoms with van der Waals surface area (Å²) in [5.74, 6) is -0.314. The van der Waals surface area contributed by atoms with Gasteiger partial charge in [0.2, 0.25) is 5.91 Å². The maximum Gasteiger partial charge on any atom is 0.332 e. The summed E-state index contributed by atoms with van der Waals surface area (Å²) in [4.78, 5) is 31.6. The molecule has 1 amide bonds. The largest absolute Gasteiger partial charge is 0.467 e. The highest BCUT2D eigenvalue weighted by molar-refractivity contribution is 6.49. The van der Waals surface area contributed by atoms with E-state index in [1.807, 2.05) is 18.2 Å². The molecule has 0 unspecified atom stereocenters. The Kier molecular flexibility index (Phi) is 3.41. The van der Waals surface area contributed by atoms with Crippen molar-refractivity contribution in [2.24, 2.45) is 10.4 Å². The number of ether oxygens (including phenoxy) is 1. The fourth-order valence-electron chi connectivity index (χ4n) is 6.47. The van der Waals surface area contributed by atoms with Gasteiger partial charge in [0.05, 0.1) is 30.0 Å². The van der Waals surface area contributed by atoms with Gasteiger partial charge in [-0.25, -0.2) is 4.79 Å². The van der Waals surface area contributed by atoms with Gasteiger partial charge in [-0.1, -0.05) is 36.7 Å². The van der Waals surface area contributed by atoms with Crippen LogP contribution in [0.1, 0.15) is 44.6 Å². The van der Waals surface area contributed by atoms with Gasteiger partial charge in [-0.15, -0.1) is 0 Å². The van der Waals surface area contributed by atoms with E-state index in [9.17, 15) is 9.59 Å². The van der Waals surface area contributed by atoms with Gasteiger partial charge in [-0.3, -0.25) is 9.79 Å². The van der Waals surface area contributed by atoms with Crippen LogP contribution in [0.25, 0.3) is 0 Å². The zero-order valence-electron chi connectivity index (χ0n) is 15.6. The average Bonchev–Trinajstić information content (AvgIpc) is 3.18. The van der Waals surface area contributed by atoms with Crippen molar-refractivity contribution in [2.45, 2.75) is 55.4 Å². The summed E-state index contributed by atoms with van der Waals surface area (Å²) in [6.45, 7) is 2.92. The first kappa shape index (κ1) is 17.2. The molecule has 3 aliphatic heterocycles. The summed E-state index contributed by atoms with van der Waals surface area (Å²) in [6, 6.07) is 7.94. The van der Waals surface area contributed by atoms with E-state index < -0.39 is 16.3 Å². The molecule has 1 aliphatic carbocycles. The third-order valence-corrected chi connectivity index (χ3v) is 7.87. The van der Waals surface area contributed by atoms with E-state index in [-0.39, 0.29) is 17.4 Å². The predicted molar refractivity (Wildman–Crippen MR) is 103 cm³/mol. The molecule has 5 nitrogen and oxygen atoms in total. The van der Waals surface area contributed by atoms with Gasteiger partial charge < -0.3 is 9.64 Å². The molecule has 4 aliphatic rings. The zero-order chi connectivity index (χ0) is 19.0. The second-order valence-corrected chi connectivity index (χ2v) is 9.05. The fraction of sp³-hybridized carbons (Fsp3) is 0.571. The van der Waals surface area contributed by atoms with Crippen LogP contribution in [-0.4, -0.2) is 47.1 Å². The van der Waals surface area contributed by atoms with Crippen LogP contribution in [0.5, 0.6) is 0 Å². The number of carbonyl (C=O) groups is 2. The van der Waals surface area contributed by atoms with E-state index in [0.29, 0.717) is 18.6 Å². The SMILES string of the molecule is CC[C@]12CCCN3C(=O)C[C@]4(C(=Nc5ccccc54)[C@@](Cl)(C(=O)OC)C1)[C@@H]32. The first-order valence-electron chi connectivity index (χ1n) is 9.69. The first-order chi connectivity index (χ1) is 12.9. The molecule has 0 bridgehead atoms. The van der Waals surface area contributed by atoms with Gasteiger partial charge in [-0.05, 0) is 42.7 Å². The number of carbonyl (C=O) groups excluding carboxylic acids is 2. The van der Waals surface area contributed by atoms with E-state index in [1.54, 1.807) is 0 Å². The third kappa shape index (κ3) is 1.84. The van der Waals surface area contributed by atoms with Crippen LogP contribution < -0.4 is 0 Å². The number of nitrogens with zero attached hydrogens (tertiary/aromatic N) is 2. The van der Waals surface area contributed by atoms with Crippen LogP contribution in [0.2, 0.25) is 0 Å². The van der Waals surface area contributed by atoms with Crippen LogP contribution in [0.3, 0.4) is 0 Å². The smallest absolute Gasteiger partial charge is 0.332 e. The first-order valence-corrected chi connectivity index (χ1v) is 10.1. The van der Waals surface area contributed by atoms with Crippen LogP contribution >= 0.6 is 11.6 Å². The number of fused-ring (bicyclic) bond motifs is 1. The maximum absolute atomic E-state index is 13.1. The predicted octanol–water partition coefficient (Wildman–Crippen LogP) is 3.36. The zero-order valence-corrected chi connectivity index (χ0v) is 16.4. The Bertz CT molecular complexity index is 899. The van der Waals surface area contributed by atoms with Gasteiger partial charge in [0.25, 0.3) is 0 Å². The maximum atomic E-state index is 13.1. The Labute approximate surface area is 163 Å². The molecule has 27 heavy (non-hydrogen) atoms. The molecular weight excluding hydrogens is 364 g/mol. The van der Waals surface area contributed by atoms with Crippen molar-refractivity contribution in [3.63, 3.8) is 0 Å². The van der Waals surface area contributed by atoms with Crippen LogP contribution in [0.4, 0.5) is 5.69 Å². The van der Waals surface area contributed by atoms with Crippen molar-refractivity contribution in [1.82, 2.24) is 4.90 Å². The molecule has 1 aromatic carbocycles. The Hall–Kier alpha value is -1.88. The number of halogens is 1. The number of esters is 1. The summed E-state index contributed by atoms with van der Waals surface area (Å²) in [6.07, 6.45) is 3.56. The molecule has 4 atom stereocenters. The summed E-state index contributed by atoms with van der Waals surface area (Å²) in [7, 11) is 1.37. The number of piperidine rings is 1. The Balaban J connectivity index is 1.84. The molecule has 0 N–H and O–H groups in total. The van der Waals surface area contributed by atoms with E-state index in [4.69, 9.17) is 21.3 Å². The van der Waals surface area contributed by atoms with Crippen molar-refractivity contribution < 1.29 is 14.3 Å². The number of methoxy groups -OCH3 is 1. The highest BCUT2D eigenvalue weighted by Gasteiger charge is 2.74. The molecule has 0 radical (unpaired) electrons. The van der Waals surface area contributed by atoms with E-state index >= 15 is 0 Å². The number of alkyl halides is 1. The lowest BCUT2D eigenvalue weighted by atomic mass is 9.50. The van der Waals surface area contributed by atoms with Crippen molar-refractivity contribution in [2.75, 3.05) is 13.7 Å². The number of benzene rings is 1. The molecule has 6 heteroatoms. The van der Waals surface area contributed by atoms with Gasteiger partial charge in [0.1, 0.15) is 0 Å². The number of hydrogen-bond acceptors (Lipinski definition) is 4. The minimum atomic E-state index is -1.33. The standard InChI is InChI=1S/C21H23ClN2O3/c1-3-19-9-6-10-24-15(25)11-20(17(19)24)13-7-4-5-8-14(13)23-16(20)21(22,12-19)18(26)27-2/h4-5,7-8,17H,3,6,9-12H2,1-2H3/t17-,19-,20-,21+/m0/s1. The lowest BCUT2D eigenvalue weighted by molar-refractivity contribution is -0.145. The van der Waals surface area contributed by atoms with Crippen molar-refractivity contribution in [3.8, 4) is 0 Å². The second-order valence-electron chi connectivity index (χ2n) is 8.40. The van der Waals surface area contributed by atoms with Gasteiger partial charge in [-0.2, -0.15) is 0 Å². The van der Waals surface area contributed by atoms with Crippen LogP contribution in [0, 0.1) is 5.41 Å². The topological polar surface area (TPSA) is 59.0 Å². The van der Waals surface area contributed by atoms with Crippen LogP contribution in [0.15, 0.2) is 29.3 Å². The fourth-order valence-corrected chi connectivity index (χ4v) is 7.02. The molecule has 0 aromatic heterocycles. The quantitative estimate of drug-likeness (QED) is 0.578. The monoisotopic (exact) mass is 386 g/mol. The Morgan fingerprint density at radius 2 is 2.19 bits per heavy atom. The second kappa shape index (κ2) is 5.34. The molecule has 1 saturated carbocycles. The molecule has 142 valence electrons. The number of aliphatic imine (C=N–C) groups is 1. The number of hydrogen-bond donors (Lipinski definition) is 0. The highest BCUT2D eigenvalue weighted by atomic mass is 35.5. The molecule has 1 spiro atoms. The van der Waals surface area contributed by atoms with Gasteiger partial charge in [0.15, 0.2) is 4.87 Å². The van der Waals surface area contributed by atoms with Crippen molar-refractivity contribution in [1.29, 1.82) is 0 Å². The van der Waals surface area contributed by atoms with Crippen molar-refractivity contribution in [3.05, 3.63) is 29.8 Å². The van der Waals surface area contributed by atoms with Gasteiger partial charge in [0, 0.05) is 13.0 Å². The molecule has 3 heterocycles. The Morgan fingerprint density at radius 1 is 1.41 bits per heavy atom. The number of rotatable bonds is 2. The summed E-state index contributed by atoms with van der Waals surface area (Å²) in [5.41, 5.74) is 1.65. The molecular formula is C21H23ClN2O3.